The Morgan fingerprint density at radius 2 is 1.10 bits per heavy atom. The van der Waals surface area contributed by atoms with Gasteiger partial charge in [0.1, 0.15) is 5.82 Å². The van der Waals surface area contributed by atoms with Crippen LogP contribution < -0.4 is 0 Å². The van der Waals surface area contributed by atoms with Gasteiger partial charge in [-0.3, -0.25) is 4.57 Å². The first-order valence-electron chi connectivity index (χ1n) is 13.4. The van der Waals surface area contributed by atoms with E-state index in [2.05, 4.69) is 138 Å². The van der Waals surface area contributed by atoms with Gasteiger partial charge in [-0.1, -0.05) is 109 Å². The first kappa shape index (κ1) is 20.8. The monoisotopic (exact) mass is 494 g/mol. The fraction of sp³-hybridized carbons (Fsp3) is 0. The molecule has 1 aliphatic carbocycles. The molecule has 0 radical (unpaired) electrons. The van der Waals surface area contributed by atoms with Crippen molar-refractivity contribution in [1.82, 2.24) is 9.55 Å². The molecule has 0 fully saturated rings. The van der Waals surface area contributed by atoms with Crippen LogP contribution in [0.25, 0.3) is 82.7 Å². The molecule has 1 aliphatic rings. The second kappa shape index (κ2) is 7.66. The van der Waals surface area contributed by atoms with Gasteiger partial charge in [-0.2, -0.15) is 0 Å². The summed E-state index contributed by atoms with van der Waals surface area (Å²) < 4.78 is 2.37. The van der Waals surface area contributed by atoms with Crippen molar-refractivity contribution in [2.45, 2.75) is 0 Å². The number of aromatic nitrogens is 2. The number of benzene rings is 6. The van der Waals surface area contributed by atoms with E-state index in [4.69, 9.17) is 4.98 Å². The van der Waals surface area contributed by atoms with Crippen LogP contribution in [-0.4, -0.2) is 9.55 Å². The molecule has 0 amide bonds. The van der Waals surface area contributed by atoms with Crippen molar-refractivity contribution in [2.75, 3.05) is 0 Å². The molecule has 0 saturated carbocycles. The molecule has 0 atom stereocenters. The zero-order valence-electron chi connectivity index (χ0n) is 21.1. The highest BCUT2D eigenvalue weighted by atomic mass is 15.1. The zero-order chi connectivity index (χ0) is 25.5. The average molecular weight is 495 g/mol. The van der Waals surface area contributed by atoms with Gasteiger partial charge in [0.05, 0.1) is 16.6 Å². The molecule has 2 aromatic heterocycles. The summed E-state index contributed by atoms with van der Waals surface area (Å²) >= 11 is 0. The topological polar surface area (TPSA) is 17.8 Å². The van der Waals surface area contributed by atoms with E-state index in [0.29, 0.717) is 0 Å². The summed E-state index contributed by atoms with van der Waals surface area (Å²) in [6.45, 7) is 0. The van der Waals surface area contributed by atoms with Gasteiger partial charge < -0.3 is 0 Å². The van der Waals surface area contributed by atoms with Crippen LogP contribution in [0.4, 0.5) is 0 Å². The highest BCUT2D eigenvalue weighted by Crippen LogP contribution is 2.49. The molecule has 2 nitrogen and oxygen atoms in total. The Morgan fingerprint density at radius 1 is 0.436 bits per heavy atom. The number of para-hydroxylation sites is 1. The molecule has 0 spiro atoms. The molecule has 0 bridgehead atoms. The summed E-state index contributed by atoms with van der Waals surface area (Å²) in [7, 11) is 0. The molecule has 0 unspecified atom stereocenters. The minimum atomic E-state index is 0.940. The maximum Gasteiger partial charge on any atom is 0.138 e. The standard InChI is InChI=1S/C37H22N2/c1-2-10-23(11-3-1)30-22-34(38-31-18-7-6-15-27(30)31)39-32-19-9-17-29-26-14-5-4-13-25(26)28-16-8-12-24-20-21-33(39)37(35(24)28)36(29)32/h1-22H. The van der Waals surface area contributed by atoms with Crippen LogP contribution in [0.2, 0.25) is 0 Å². The maximum atomic E-state index is 5.26. The summed E-state index contributed by atoms with van der Waals surface area (Å²) in [4.78, 5) is 5.26. The molecule has 0 saturated heterocycles. The molecule has 6 aromatic carbocycles. The van der Waals surface area contributed by atoms with Crippen LogP contribution in [0, 0.1) is 0 Å². The Bertz CT molecular complexity index is 2270. The molecule has 2 heterocycles. The van der Waals surface area contributed by atoms with Gasteiger partial charge in [0.2, 0.25) is 0 Å². The largest absolute Gasteiger partial charge is 0.294 e. The Labute approximate surface area is 225 Å². The Kier molecular flexibility index (Phi) is 4.08. The molecule has 9 rings (SSSR count). The van der Waals surface area contributed by atoms with Crippen molar-refractivity contribution in [3.05, 3.63) is 133 Å². The molecule has 2 heteroatoms. The lowest BCUT2D eigenvalue weighted by Crippen LogP contribution is -1.99. The van der Waals surface area contributed by atoms with Gasteiger partial charge in [-0.05, 0) is 68.4 Å². The summed E-state index contributed by atoms with van der Waals surface area (Å²) in [5.74, 6) is 0.940. The normalized spacial score (nSPS) is 12.1. The van der Waals surface area contributed by atoms with Gasteiger partial charge in [-0.15, -0.1) is 0 Å². The van der Waals surface area contributed by atoms with E-state index in [1.807, 2.05) is 0 Å². The van der Waals surface area contributed by atoms with Gasteiger partial charge in [0.25, 0.3) is 0 Å². The highest BCUT2D eigenvalue weighted by Gasteiger charge is 2.25. The van der Waals surface area contributed by atoms with E-state index in [9.17, 15) is 0 Å². The predicted octanol–water partition coefficient (Wildman–Crippen LogP) is 9.80. The van der Waals surface area contributed by atoms with E-state index < -0.39 is 0 Å². The highest BCUT2D eigenvalue weighted by molar-refractivity contribution is 6.30. The van der Waals surface area contributed by atoms with Gasteiger partial charge >= 0.3 is 0 Å². The first-order chi connectivity index (χ1) is 19.4. The number of pyridine rings is 1. The van der Waals surface area contributed by atoms with Crippen molar-refractivity contribution in [3.8, 4) is 39.2 Å². The van der Waals surface area contributed by atoms with Gasteiger partial charge in [-0.25, -0.2) is 4.98 Å². The lowest BCUT2D eigenvalue weighted by atomic mass is 9.93. The SMILES string of the molecule is c1ccc(-c2cc(-n3c4cccc5c4c4c6c(cccc6ccc43)-c3ccccc3-5)nc3ccccc23)cc1. The van der Waals surface area contributed by atoms with Crippen molar-refractivity contribution in [2.24, 2.45) is 0 Å². The van der Waals surface area contributed by atoms with Crippen molar-refractivity contribution >= 4 is 43.5 Å². The molecule has 39 heavy (non-hydrogen) atoms. The third-order valence-electron chi connectivity index (χ3n) is 8.32. The van der Waals surface area contributed by atoms with Crippen molar-refractivity contribution in [3.63, 3.8) is 0 Å². The van der Waals surface area contributed by atoms with Crippen molar-refractivity contribution < 1.29 is 0 Å². The van der Waals surface area contributed by atoms with E-state index in [1.54, 1.807) is 0 Å². The fourth-order valence-corrected chi connectivity index (χ4v) is 6.71. The predicted molar refractivity (Wildman–Crippen MR) is 163 cm³/mol. The Morgan fingerprint density at radius 3 is 1.95 bits per heavy atom. The number of fused-ring (bicyclic) bond motifs is 4. The minimum Gasteiger partial charge on any atom is -0.294 e. The number of hydrogen-bond donors (Lipinski definition) is 0. The lowest BCUT2D eigenvalue weighted by molar-refractivity contribution is 1.10. The summed E-state index contributed by atoms with van der Waals surface area (Å²) in [6.07, 6.45) is 0. The Balaban J connectivity index is 1.49. The first-order valence-corrected chi connectivity index (χ1v) is 13.4. The zero-order valence-corrected chi connectivity index (χ0v) is 21.1. The molecular weight excluding hydrogens is 472 g/mol. The summed E-state index contributed by atoms with van der Waals surface area (Å²) in [5, 5.41) is 6.35. The third kappa shape index (κ3) is 2.78. The van der Waals surface area contributed by atoms with E-state index in [-0.39, 0.29) is 0 Å². The van der Waals surface area contributed by atoms with Crippen LogP contribution in [0.5, 0.6) is 0 Å². The molecule has 0 N–H and O–H groups in total. The lowest BCUT2D eigenvalue weighted by Gasteiger charge is -2.15. The molecule has 180 valence electrons. The number of rotatable bonds is 2. The van der Waals surface area contributed by atoms with E-state index in [0.717, 1.165) is 16.7 Å². The smallest absolute Gasteiger partial charge is 0.138 e. The maximum absolute atomic E-state index is 5.26. The van der Waals surface area contributed by atoms with Crippen molar-refractivity contribution in [1.29, 1.82) is 0 Å². The summed E-state index contributed by atoms with van der Waals surface area (Å²) in [5.41, 5.74) is 10.9. The quantitative estimate of drug-likeness (QED) is 0.234. The number of hydrogen-bond acceptors (Lipinski definition) is 1. The van der Waals surface area contributed by atoms with Gasteiger partial charge in [0, 0.05) is 16.2 Å². The second-order valence-electron chi connectivity index (χ2n) is 10.4. The fourth-order valence-electron chi connectivity index (χ4n) is 6.71. The third-order valence-corrected chi connectivity index (χ3v) is 8.32. The molecule has 0 aliphatic heterocycles. The van der Waals surface area contributed by atoms with Gasteiger partial charge in [0.15, 0.2) is 0 Å². The van der Waals surface area contributed by atoms with Crippen LogP contribution in [0.15, 0.2) is 133 Å². The van der Waals surface area contributed by atoms with E-state index in [1.165, 1.54) is 66.0 Å². The van der Waals surface area contributed by atoms with E-state index >= 15 is 0 Å². The molecule has 8 aromatic rings. The van der Waals surface area contributed by atoms with Crippen LogP contribution in [0.3, 0.4) is 0 Å². The average Bonchev–Trinajstić information content (AvgIpc) is 3.29. The van der Waals surface area contributed by atoms with Crippen LogP contribution in [-0.2, 0) is 0 Å². The second-order valence-corrected chi connectivity index (χ2v) is 10.4. The molecular formula is C37H22N2. The van der Waals surface area contributed by atoms with Crippen LogP contribution >= 0.6 is 0 Å². The minimum absolute atomic E-state index is 0.940. The Hall–Kier alpha value is -5.21. The van der Waals surface area contributed by atoms with Crippen LogP contribution in [0.1, 0.15) is 0 Å². The summed E-state index contributed by atoms with van der Waals surface area (Å²) in [6, 6.07) is 48.2. The number of nitrogens with zero attached hydrogens (tertiary/aromatic N) is 2.